The van der Waals surface area contributed by atoms with Crippen LogP contribution in [0.4, 0.5) is 9.59 Å². The van der Waals surface area contributed by atoms with Crippen molar-refractivity contribution < 1.29 is 9.59 Å². The molecule has 84 valence electrons. The molecule has 0 spiro atoms. The molecule has 0 radical (unpaired) electrons. The highest BCUT2D eigenvalue weighted by atomic mass is 16.2. The van der Waals surface area contributed by atoms with Crippen molar-refractivity contribution in [3.63, 3.8) is 0 Å². The predicted octanol–water partition coefficient (Wildman–Crippen LogP) is 1.28. The summed E-state index contributed by atoms with van der Waals surface area (Å²) in [7, 11) is 1.68. The van der Waals surface area contributed by atoms with Crippen LogP contribution in [0.2, 0.25) is 5.31 Å². The van der Waals surface area contributed by atoms with Crippen molar-refractivity contribution in [3.8, 4) is 0 Å². The number of amides is 4. The van der Waals surface area contributed by atoms with Gasteiger partial charge >= 0.3 is 19.0 Å². The van der Waals surface area contributed by atoms with Crippen LogP contribution in [0.15, 0.2) is 0 Å². The third-order valence-electron chi connectivity index (χ3n) is 3.39. The molecular formula is C9H18BN3O2. The van der Waals surface area contributed by atoms with Crippen LogP contribution in [-0.4, -0.2) is 30.9 Å². The Morgan fingerprint density at radius 1 is 1.33 bits per heavy atom. The monoisotopic (exact) mass is 211 g/mol. The Kier molecular flexibility index (Phi) is 2.97. The van der Waals surface area contributed by atoms with Gasteiger partial charge in [0.1, 0.15) is 0 Å². The number of rotatable bonds is 2. The lowest BCUT2D eigenvalue weighted by molar-refractivity contribution is 0.212. The Labute approximate surface area is 90.7 Å². The van der Waals surface area contributed by atoms with Crippen molar-refractivity contribution in [1.82, 2.24) is 15.4 Å². The first-order valence-electron chi connectivity index (χ1n) is 5.11. The van der Waals surface area contributed by atoms with Crippen molar-refractivity contribution in [1.29, 1.82) is 0 Å². The second-order valence-electron chi connectivity index (χ2n) is 4.89. The number of nitrogens with zero attached hydrogens (tertiary/aromatic N) is 1. The average molecular weight is 211 g/mol. The summed E-state index contributed by atoms with van der Waals surface area (Å²) in [4.78, 5) is 24.2. The van der Waals surface area contributed by atoms with Crippen LogP contribution >= 0.6 is 0 Å². The fourth-order valence-corrected chi connectivity index (χ4v) is 1.56. The van der Waals surface area contributed by atoms with Gasteiger partial charge in [0, 0.05) is 0 Å². The van der Waals surface area contributed by atoms with Crippen LogP contribution in [0.3, 0.4) is 0 Å². The third kappa shape index (κ3) is 2.08. The summed E-state index contributed by atoms with van der Waals surface area (Å²) < 4.78 is 0. The van der Waals surface area contributed by atoms with E-state index in [0.29, 0.717) is 5.92 Å². The maximum absolute atomic E-state index is 11.4. The molecule has 1 aliphatic rings. The van der Waals surface area contributed by atoms with Crippen molar-refractivity contribution in [3.05, 3.63) is 0 Å². The number of carbonyl (C=O) groups excluding carboxylic acids is 2. The van der Waals surface area contributed by atoms with E-state index >= 15 is 0 Å². The third-order valence-corrected chi connectivity index (χ3v) is 3.39. The van der Waals surface area contributed by atoms with Crippen molar-refractivity contribution in [2.75, 3.05) is 7.05 Å². The molecule has 0 aromatic carbocycles. The fourth-order valence-electron chi connectivity index (χ4n) is 1.56. The summed E-state index contributed by atoms with van der Waals surface area (Å²) in [6.07, 6.45) is 0. The minimum Gasteiger partial charge on any atom is -0.361 e. The average Bonchev–Trinajstić information content (AvgIpc) is 2.10. The number of nitrogens with one attached hydrogen (secondary N) is 2. The summed E-state index contributed by atoms with van der Waals surface area (Å²) in [6.45, 7) is 7.97. The van der Waals surface area contributed by atoms with Crippen LogP contribution in [-0.2, 0) is 0 Å². The predicted molar refractivity (Wildman–Crippen MR) is 59.5 cm³/mol. The van der Waals surface area contributed by atoms with E-state index in [1.54, 1.807) is 7.05 Å². The van der Waals surface area contributed by atoms with Gasteiger partial charge in [-0.05, 0) is 18.3 Å². The number of hydrogen-bond donors (Lipinski definition) is 2. The number of carbonyl (C=O) groups is 2. The van der Waals surface area contributed by atoms with Crippen LogP contribution in [0.1, 0.15) is 27.7 Å². The number of hydrogen-bond acceptors (Lipinski definition) is 2. The summed E-state index contributed by atoms with van der Waals surface area (Å²) in [5.74, 6) is 0.358. The van der Waals surface area contributed by atoms with Crippen molar-refractivity contribution in [2.45, 2.75) is 33.0 Å². The van der Waals surface area contributed by atoms with Crippen LogP contribution in [0, 0.1) is 5.92 Å². The molecule has 1 heterocycles. The SMILES string of the molecule is CC(C)C(C)(C)B1NC(=O)NC(=O)N1C. The lowest BCUT2D eigenvalue weighted by Gasteiger charge is -2.41. The van der Waals surface area contributed by atoms with Crippen LogP contribution in [0.25, 0.3) is 0 Å². The van der Waals surface area contributed by atoms with Gasteiger partial charge < -0.3 is 10.0 Å². The van der Waals surface area contributed by atoms with Crippen molar-refractivity contribution in [2.24, 2.45) is 5.92 Å². The number of imide groups is 1. The van der Waals surface area contributed by atoms with Gasteiger partial charge in [0.2, 0.25) is 0 Å². The summed E-state index contributed by atoms with van der Waals surface area (Å²) in [5, 5.41) is 4.82. The minimum atomic E-state index is -0.420. The quantitative estimate of drug-likeness (QED) is 0.675. The fraction of sp³-hybridized carbons (Fsp3) is 0.778. The Balaban J connectivity index is 2.92. The molecule has 0 bridgehead atoms. The molecule has 4 amide bonds. The molecule has 6 heteroatoms. The Morgan fingerprint density at radius 3 is 2.33 bits per heavy atom. The summed E-state index contributed by atoms with van der Waals surface area (Å²) in [5.41, 5.74) is 0. The highest BCUT2D eigenvalue weighted by Crippen LogP contribution is 2.37. The van der Waals surface area contributed by atoms with E-state index in [2.05, 4.69) is 24.4 Å². The van der Waals surface area contributed by atoms with Gasteiger partial charge in [-0.3, -0.25) is 5.32 Å². The molecule has 0 atom stereocenters. The van der Waals surface area contributed by atoms with E-state index in [1.165, 1.54) is 4.81 Å². The highest BCUT2D eigenvalue weighted by molar-refractivity contribution is 6.63. The molecule has 0 aromatic rings. The lowest BCUT2D eigenvalue weighted by Crippen LogP contribution is -2.69. The molecule has 0 saturated carbocycles. The number of urea groups is 2. The van der Waals surface area contributed by atoms with E-state index in [4.69, 9.17) is 0 Å². The Bertz CT molecular complexity index is 291. The van der Waals surface area contributed by atoms with Gasteiger partial charge in [0.15, 0.2) is 0 Å². The van der Waals surface area contributed by atoms with Crippen LogP contribution in [0.5, 0.6) is 0 Å². The van der Waals surface area contributed by atoms with Crippen LogP contribution < -0.4 is 10.5 Å². The normalized spacial score (nSPS) is 18.0. The van der Waals surface area contributed by atoms with E-state index in [1.807, 2.05) is 13.8 Å². The second-order valence-corrected chi connectivity index (χ2v) is 4.89. The van der Waals surface area contributed by atoms with E-state index in [-0.39, 0.29) is 18.3 Å². The maximum Gasteiger partial charge on any atom is 0.386 e. The van der Waals surface area contributed by atoms with E-state index < -0.39 is 6.03 Å². The maximum atomic E-state index is 11.4. The van der Waals surface area contributed by atoms with E-state index in [9.17, 15) is 9.59 Å². The summed E-state index contributed by atoms with van der Waals surface area (Å²) >= 11 is 0. The molecule has 1 rings (SSSR count). The zero-order chi connectivity index (χ0) is 11.8. The first kappa shape index (κ1) is 11.9. The minimum absolute atomic E-state index is 0.165. The Hall–Kier alpha value is -1.20. The van der Waals surface area contributed by atoms with Gasteiger partial charge in [-0.1, -0.05) is 27.7 Å². The van der Waals surface area contributed by atoms with Gasteiger partial charge in [-0.2, -0.15) is 0 Å². The molecular weight excluding hydrogens is 193 g/mol. The molecule has 5 nitrogen and oxygen atoms in total. The highest BCUT2D eigenvalue weighted by Gasteiger charge is 2.46. The van der Waals surface area contributed by atoms with Gasteiger partial charge in [-0.15, -0.1) is 0 Å². The molecule has 2 N–H and O–H groups in total. The zero-order valence-corrected chi connectivity index (χ0v) is 9.92. The van der Waals surface area contributed by atoms with E-state index in [0.717, 1.165) is 0 Å². The van der Waals surface area contributed by atoms with Gasteiger partial charge in [-0.25, -0.2) is 9.59 Å². The standard InChI is InChI=1S/C9H18BN3O2/c1-6(2)9(3,4)10-12-7(14)11-8(15)13(10)5/h6H,1-5H3,(H2,11,12,14,15). The molecule has 0 aromatic heterocycles. The van der Waals surface area contributed by atoms with Gasteiger partial charge in [0.25, 0.3) is 0 Å². The molecule has 1 fully saturated rings. The van der Waals surface area contributed by atoms with Crippen molar-refractivity contribution >= 4 is 19.0 Å². The smallest absolute Gasteiger partial charge is 0.361 e. The molecule has 1 aliphatic heterocycles. The summed E-state index contributed by atoms with van der Waals surface area (Å²) in [6, 6.07) is -0.769. The first-order chi connectivity index (χ1) is 6.76. The molecule has 15 heavy (non-hydrogen) atoms. The Morgan fingerprint density at radius 2 is 1.87 bits per heavy atom. The molecule has 1 saturated heterocycles. The zero-order valence-electron chi connectivity index (χ0n) is 9.92. The molecule has 0 unspecified atom stereocenters. The largest absolute Gasteiger partial charge is 0.386 e. The second kappa shape index (κ2) is 3.75. The molecule has 0 aliphatic carbocycles. The lowest BCUT2D eigenvalue weighted by atomic mass is 9.46. The van der Waals surface area contributed by atoms with Gasteiger partial charge in [0.05, 0.1) is 0 Å². The topological polar surface area (TPSA) is 61.4 Å². The first-order valence-corrected chi connectivity index (χ1v) is 5.11.